The summed E-state index contributed by atoms with van der Waals surface area (Å²) in [5, 5.41) is 0. The zero-order chi connectivity index (χ0) is 44.0. The highest BCUT2D eigenvalue weighted by Gasteiger charge is 2.86. The Morgan fingerprint density at radius 1 is 0.581 bits per heavy atom. The van der Waals surface area contributed by atoms with Crippen molar-refractivity contribution in [2.75, 3.05) is 40.6 Å². The van der Waals surface area contributed by atoms with Crippen LogP contribution >= 0.6 is 0 Å². The average Bonchev–Trinajstić information content (AvgIpc) is 3.28. The summed E-state index contributed by atoms with van der Waals surface area (Å²) in [4.78, 5) is 61.2. The van der Waals surface area contributed by atoms with Crippen LogP contribution in [0.5, 0.6) is 11.5 Å². The van der Waals surface area contributed by atoms with Gasteiger partial charge in [0.2, 0.25) is 0 Å². The molecule has 7 rings (SSSR count). The minimum Gasteiger partial charge on any atom is -0.497 e. The summed E-state index contributed by atoms with van der Waals surface area (Å²) in [5.74, 6) is -4.94. The lowest BCUT2D eigenvalue weighted by Gasteiger charge is -2.74. The van der Waals surface area contributed by atoms with E-state index in [-0.39, 0.29) is 32.8 Å². The fraction of sp³-hybridized carbons (Fsp3) is 0.385. The summed E-state index contributed by atoms with van der Waals surface area (Å²) in [6, 6.07) is 34.3. The molecule has 3 aliphatic carbocycles. The number of allylic oxidation sites excluding steroid dienone is 1. The fourth-order valence-electron chi connectivity index (χ4n) is 11.2. The molecule has 62 heavy (non-hydrogen) atoms. The maximum atomic E-state index is 15.9. The van der Waals surface area contributed by atoms with Gasteiger partial charge in [-0.2, -0.15) is 0 Å². The van der Waals surface area contributed by atoms with Crippen molar-refractivity contribution in [1.82, 2.24) is 0 Å². The molecule has 10 heteroatoms. The first-order chi connectivity index (χ1) is 30.1. The predicted octanol–water partition coefficient (Wildman–Crippen LogP) is 8.77. The zero-order valence-corrected chi connectivity index (χ0v) is 36.4. The van der Waals surface area contributed by atoms with Gasteiger partial charge in [0.05, 0.1) is 46.1 Å². The van der Waals surface area contributed by atoms with Gasteiger partial charge in [0.1, 0.15) is 16.9 Å². The monoisotopic (exact) mass is 840 g/mol. The second kappa shape index (κ2) is 18.8. The summed E-state index contributed by atoms with van der Waals surface area (Å²) >= 11 is 0. The van der Waals surface area contributed by atoms with Crippen molar-refractivity contribution >= 4 is 29.5 Å². The lowest BCUT2D eigenvalue weighted by molar-refractivity contribution is -0.247. The maximum absolute atomic E-state index is 15.9. The minimum absolute atomic E-state index is 0.0373. The van der Waals surface area contributed by atoms with Crippen LogP contribution in [0.4, 0.5) is 0 Å². The van der Waals surface area contributed by atoms with Crippen molar-refractivity contribution in [2.45, 2.75) is 52.9 Å². The van der Waals surface area contributed by atoms with Crippen molar-refractivity contribution in [1.29, 1.82) is 0 Å². The molecule has 7 atom stereocenters. The standard InChI is InChI=1S/C52H56O10/c1-7-59-47(53)41-31-37(29-33-17-13-11-14-18-33)45-51(49(55)61-9-3,43(41)35-21-25-39(57-5)26-22-35)46-38(30-34-19-15-12-16-20-34)32-42(48(54)60-8-2)44(52(45,46)50(56)62-10-4)36-23-27-40(58-6)28-24-36/h11-28,31,37-38,43,45-46H,7-10,29-30,32H2,1-6H3/t37?,38?,43-,45?,46?,51-,52+/m1/s1. The van der Waals surface area contributed by atoms with Crippen molar-refractivity contribution in [3.8, 4) is 11.5 Å². The van der Waals surface area contributed by atoms with Crippen LogP contribution in [0.2, 0.25) is 0 Å². The van der Waals surface area contributed by atoms with Crippen LogP contribution in [0.3, 0.4) is 0 Å². The van der Waals surface area contributed by atoms with Crippen molar-refractivity contribution in [3.63, 3.8) is 0 Å². The van der Waals surface area contributed by atoms with E-state index < -0.39 is 64.3 Å². The third-order valence-corrected chi connectivity index (χ3v) is 13.0. The molecule has 1 fully saturated rings. The molecule has 1 saturated carbocycles. The minimum atomic E-state index is -1.64. The van der Waals surface area contributed by atoms with E-state index >= 15 is 9.59 Å². The molecule has 3 aliphatic rings. The third-order valence-electron chi connectivity index (χ3n) is 13.0. The molecule has 4 aromatic rings. The van der Waals surface area contributed by atoms with Gasteiger partial charge < -0.3 is 28.4 Å². The molecule has 0 saturated heterocycles. The van der Waals surface area contributed by atoms with Crippen LogP contribution < -0.4 is 9.47 Å². The number of methoxy groups -OCH3 is 2. The van der Waals surface area contributed by atoms with E-state index in [1.165, 1.54) is 0 Å². The van der Waals surface area contributed by atoms with Crippen LogP contribution in [0.15, 0.2) is 126 Å². The van der Waals surface area contributed by atoms with Gasteiger partial charge in [-0.25, -0.2) is 9.59 Å². The van der Waals surface area contributed by atoms with E-state index in [1.54, 1.807) is 54.0 Å². The van der Waals surface area contributed by atoms with E-state index in [1.807, 2.05) is 103 Å². The first-order valence-electron chi connectivity index (χ1n) is 21.6. The highest BCUT2D eigenvalue weighted by atomic mass is 16.5. The van der Waals surface area contributed by atoms with Crippen LogP contribution in [0.1, 0.15) is 62.3 Å². The van der Waals surface area contributed by atoms with E-state index in [2.05, 4.69) is 0 Å². The first-order valence-corrected chi connectivity index (χ1v) is 21.6. The van der Waals surface area contributed by atoms with Gasteiger partial charge in [-0.05, 0) is 111 Å². The molecule has 4 aromatic carbocycles. The fourth-order valence-corrected chi connectivity index (χ4v) is 11.2. The highest BCUT2D eigenvalue weighted by molar-refractivity contribution is 6.09. The van der Waals surface area contributed by atoms with Gasteiger partial charge in [0, 0.05) is 28.9 Å². The SMILES string of the molecule is CCOC(=O)C1=CC(Cc2ccccc2)C2[C@@]3(C(=O)OCC)C(c4ccc(OC)cc4)=C(C(=O)OCC)CC(Cc4ccccc4)C3[C@@]2(C(=O)OCC)[C@@H]1c1ccc(OC)cc1. The van der Waals surface area contributed by atoms with Crippen molar-refractivity contribution < 1.29 is 47.6 Å². The number of esters is 4. The van der Waals surface area contributed by atoms with Crippen molar-refractivity contribution in [2.24, 2.45) is 34.5 Å². The highest BCUT2D eigenvalue weighted by Crippen LogP contribution is 2.82. The molecule has 10 nitrogen and oxygen atoms in total. The smallest absolute Gasteiger partial charge is 0.334 e. The number of ether oxygens (including phenoxy) is 6. The second-order valence-corrected chi connectivity index (χ2v) is 16.1. The Kier molecular flexibility index (Phi) is 13.3. The number of carbonyl (C=O) groups is 4. The van der Waals surface area contributed by atoms with E-state index in [0.717, 1.165) is 11.1 Å². The Morgan fingerprint density at radius 3 is 1.65 bits per heavy atom. The lowest BCUT2D eigenvalue weighted by atomic mass is 9.25. The summed E-state index contributed by atoms with van der Waals surface area (Å²) in [6.45, 7) is 7.32. The molecule has 0 aliphatic heterocycles. The van der Waals surface area contributed by atoms with Crippen LogP contribution in [-0.4, -0.2) is 64.5 Å². The largest absolute Gasteiger partial charge is 0.497 e. The van der Waals surface area contributed by atoms with Crippen LogP contribution in [0, 0.1) is 34.5 Å². The topological polar surface area (TPSA) is 124 Å². The molecular formula is C52H56O10. The number of fused-ring (bicyclic) bond motifs is 4. The number of benzene rings is 4. The summed E-state index contributed by atoms with van der Waals surface area (Å²) in [7, 11) is 3.15. The number of hydrogen-bond donors (Lipinski definition) is 0. The third kappa shape index (κ3) is 7.47. The van der Waals surface area contributed by atoms with Gasteiger partial charge in [-0.1, -0.05) is 91.0 Å². The summed E-state index contributed by atoms with van der Waals surface area (Å²) in [5.41, 5.74) is 1.03. The van der Waals surface area contributed by atoms with Gasteiger partial charge in [0.15, 0.2) is 0 Å². The lowest BCUT2D eigenvalue weighted by Crippen LogP contribution is -2.79. The molecule has 0 radical (unpaired) electrons. The Balaban J connectivity index is 1.68. The zero-order valence-electron chi connectivity index (χ0n) is 36.4. The quantitative estimate of drug-likeness (QED) is 0.0799. The Morgan fingerprint density at radius 2 is 1.10 bits per heavy atom. The summed E-state index contributed by atoms with van der Waals surface area (Å²) < 4.78 is 35.5. The molecule has 0 N–H and O–H groups in total. The first kappa shape index (κ1) is 43.9. The van der Waals surface area contributed by atoms with Gasteiger partial charge in [-0.15, -0.1) is 0 Å². The Labute approximate surface area is 364 Å². The molecular weight excluding hydrogens is 785 g/mol. The number of rotatable bonds is 16. The molecule has 0 amide bonds. The number of carbonyl (C=O) groups excluding carboxylic acids is 4. The predicted molar refractivity (Wildman–Crippen MR) is 234 cm³/mol. The van der Waals surface area contributed by atoms with Gasteiger partial charge in [-0.3, -0.25) is 9.59 Å². The second-order valence-electron chi connectivity index (χ2n) is 16.1. The number of hydrogen-bond acceptors (Lipinski definition) is 10. The Hall–Kier alpha value is -6.16. The molecule has 4 unspecified atom stereocenters. The summed E-state index contributed by atoms with van der Waals surface area (Å²) in [6.07, 6.45) is 2.80. The molecule has 0 aromatic heterocycles. The maximum Gasteiger partial charge on any atom is 0.334 e. The van der Waals surface area contributed by atoms with Crippen molar-refractivity contribution in [3.05, 3.63) is 149 Å². The Bertz CT molecular complexity index is 2300. The van der Waals surface area contributed by atoms with E-state index in [9.17, 15) is 9.59 Å². The molecule has 0 bridgehead atoms. The molecule has 0 heterocycles. The van der Waals surface area contributed by atoms with E-state index in [4.69, 9.17) is 28.4 Å². The molecule has 0 spiro atoms. The normalized spacial score (nSPS) is 24.9. The van der Waals surface area contributed by atoms with Gasteiger partial charge >= 0.3 is 23.9 Å². The van der Waals surface area contributed by atoms with Crippen LogP contribution in [-0.2, 0) is 51.0 Å². The van der Waals surface area contributed by atoms with Gasteiger partial charge in [0.25, 0.3) is 0 Å². The van der Waals surface area contributed by atoms with Crippen LogP contribution in [0.25, 0.3) is 5.57 Å². The molecule has 324 valence electrons. The van der Waals surface area contributed by atoms with E-state index in [0.29, 0.717) is 52.2 Å². The average molecular weight is 841 g/mol.